The molecule has 1 amide bonds. The molecule has 6 rings (SSSR count). The van der Waals surface area contributed by atoms with Gasteiger partial charge in [-0.15, -0.1) is 0 Å². The molecule has 3 N–H and O–H groups in total. The first-order valence-corrected chi connectivity index (χ1v) is 11.1. The van der Waals surface area contributed by atoms with Crippen LogP contribution in [-0.2, 0) is 4.74 Å². The van der Waals surface area contributed by atoms with E-state index in [0.29, 0.717) is 17.8 Å². The van der Waals surface area contributed by atoms with Crippen LogP contribution in [0.25, 0.3) is 43.5 Å². The molecule has 0 fully saturated rings. The predicted octanol–water partition coefficient (Wildman–Crippen LogP) is 5.95. The number of carbonyl (C=O) groups excluding carboxylic acids is 2. The van der Waals surface area contributed by atoms with Crippen LogP contribution in [0.2, 0.25) is 0 Å². The first kappa shape index (κ1) is 22.2. The zero-order chi connectivity index (χ0) is 24.4. The van der Waals surface area contributed by atoms with Crippen molar-refractivity contribution in [3.8, 4) is 0 Å². The molecule has 0 saturated carbocycles. The van der Waals surface area contributed by atoms with Crippen LogP contribution in [0.1, 0.15) is 28.0 Å². The van der Waals surface area contributed by atoms with Gasteiger partial charge in [-0.3, -0.25) is 10.2 Å². The van der Waals surface area contributed by atoms with Crippen LogP contribution in [0.4, 0.5) is 0 Å². The maximum Gasteiger partial charge on any atom is 0.374 e. The van der Waals surface area contributed by atoms with E-state index in [-0.39, 0.29) is 11.5 Å². The number of hydrazine groups is 1. The predicted molar refractivity (Wildman–Crippen MR) is 135 cm³/mol. The van der Waals surface area contributed by atoms with Gasteiger partial charge in [-0.1, -0.05) is 60.7 Å². The lowest BCUT2D eigenvalue weighted by molar-refractivity contribution is 0.0492. The molecule has 0 bridgehead atoms. The van der Waals surface area contributed by atoms with Crippen molar-refractivity contribution in [1.29, 1.82) is 0 Å². The number of esters is 1. The molecule has 2 aromatic heterocycles. The van der Waals surface area contributed by atoms with Gasteiger partial charge in [0.25, 0.3) is 0 Å². The maximum atomic E-state index is 11.6. The third-order valence-electron chi connectivity index (χ3n) is 5.68. The monoisotopic (exact) mass is 466 g/mol. The molecule has 4 aromatic carbocycles. The summed E-state index contributed by atoms with van der Waals surface area (Å²) in [5.41, 5.74) is 3.45. The number of benzene rings is 4. The average molecular weight is 466 g/mol. The molecule has 0 spiro atoms. The molecule has 0 aliphatic carbocycles. The second-order valence-corrected chi connectivity index (χ2v) is 7.81. The van der Waals surface area contributed by atoms with Gasteiger partial charge in [-0.2, -0.15) is 0 Å². The summed E-state index contributed by atoms with van der Waals surface area (Å²) in [6, 6.07) is 27.1. The number of carbonyl (C=O) groups is 2. The summed E-state index contributed by atoms with van der Waals surface area (Å²) >= 11 is 0. The van der Waals surface area contributed by atoms with Crippen LogP contribution in [0, 0.1) is 0 Å². The summed E-state index contributed by atoms with van der Waals surface area (Å²) in [5, 5.41) is 6.23. The minimum Gasteiger partial charge on any atom is -0.460 e. The lowest BCUT2D eigenvalue weighted by Gasteiger charge is -1.96. The van der Waals surface area contributed by atoms with E-state index in [1.165, 1.54) is 0 Å². The van der Waals surface area contributed by atoms with E-state index >= 15 is 0 Å². The molecule has 0 aliphatic rings. The number of ether oxygens (including phenoxy) is 1. The van der Waals surface area contributed by atoms with Crippen molar-refractivity contribution in [3.63, 3.8) is 0 Å². The molecule has 6 aromatic rings. The summed E-state index contributed by atoms with van der Waals surface area (Å²) in [5.74, 6) is 4.71. The van der Waals surface area contributed by atoms with Crippen LogP contribution < -0.4 is 11.3 Å². The molecule has 7 nitrogen and oxygen atoms in total. The highest BCUT2D eigenvalue weighted by atomic mass is 16.5. The molecule has 2 heterocycles. The van der Waals surface area contributed by atoms with Gasteiger partial charge >= 0.3 is 11.9 Å². The minimum absolute atomic E-state index is 0.221. The Bertz CT molecular complexity index is 1700. The molecule has 0 radical (unpaired) electrons. The van der Waals surface area contributed by atoms with Crippen molar-refractivity contribution in [2.75, 3.05) is 6.61 Å². The van der Waals surface area contributed by atoms with E-state index in [2.05, 4.69) is 5.43 Å². The number of hydrogen-bond acceptors (Lipinski definition) is 6. The van der Waals surface area contributed by atoms with E-state index < -0.39 is 11.9 Å². The molecule has 0 saturated heterocycles. The van der Waals surface area contributed by atoms with Crippen LogP contribution in [0.15, 0.2) is 93.8 Å². The number of fused-ring (bicyclic) bond motifs is 6. The third-order valence-corrected chi connectivity index (χ3v) is 5.68. The van der Waals surface area contributed by atoms with Gasteiger partial charge in [-0.25, -0.2) is 10.6 Å². The number of nitrogens with two attached hydrogens (primary N) is 1. The molecular formula is C28H22N2O5. The Morgan fingerprint density at radius 1 is 0.743 bits per heavy atom. The first-order chi connectivity index (χ1) is 17.1. The fourth-order valence-corrected chi connectivity index (χ4v) is 4.07. The van der Waals surface area contributed by atoms with Crippen molar-refractivity contribution < 1.29 is 23.2 Å². The molecular weight excluding hydrogens is 444 g/mol. The number of rotatable bonds is 3. The molecule has 0 unspecified atom stereocenters. The van der Waals surface area contributed by atoms with E-state index in [1.807, 2.05) is 72.8 Å². The van der Waals surface area contributed by atoms with Crippen molar-refractivity contribution >= 4 is 55.4 Å². The Kier molecular flexibility index (Phi) is 5.91. The average Bonchev–Trinajstić information content (AvgIpc) is 3.54. The normalized spacial score (nSPS) is 10.9. The lowest BCUT2D eigenvalue weighted by Crippen LogP contribution is -2.29. The van der Waals surface area contributed by atoms with E-state index in [0.717, 1.165) is 32.3 Å². The fourth-order valence-electron chi connectivity index (χ4n) is 4.07. The highest BCUT2D eigenvalue weighted by molar-refractivity contribution is 6.09. The Balaban J connectivity index is 0.000000145. The van der Waals surface area contributed by atoms with Gasteiger partial charge < -0.3 is 13.6 Å². The zero-order valence-electron chi connectivity index (χ0n) is 18.9. The van der Waals surface area contributed by atoms with E-state index in [9.17, 15) is 9.59 Å². The number of nitrogen functional groups attached to an aromatic ring is 1. The van der Waals surface area contributed by atoms with Gasteiger partial charge in [0.1, 0.15) is 11.2 Å². The second-order valence-electron chi connectivity index (χ2n) is 7.81. The fraction of sp³-hybridized carbons (Fsp3) is 0.0714. The third kappa shape index (κ3) is 4.20. The highest BCUT2D eigenvalue weighted by Gasteiger charge is 2.14. The summed E-state index contributed by atoms with van der Waals surface area (Å²) in [4.78, 5) is 23.0. The van der Waals surface area contributed by atoms with Crippen molar-refractivity contribution in [2.45, 2.75) is 6.92 Å². The zero-order valence-corrected chi connectivity index (χ0v) is 18.9. The van der Waals surface area contributed by atoms with E-state index in [1.54, 1.807) is 19.1 Å². The second kappa shape index (κ2) is 9.32. The SMILES string of the molecule is CCOC(=O)c1cc2c(ccc3ccccc32)o1.NNC(=O)c1cc2c(ccc3ccccc32)o1. The summed E-state index contributed by atoms with van der Waals surface area (Å²) in [6.45, 7) is 2.12. The number of hydrogen-bond donors (Lipinski definition) is 2. The number of nitrogens with one attached hydrogen (secondary N) is 1. The minimum atomic E-state index is -0.426. The Labute approximate surface area is 200 Å². The van der Waals surface area contributed by atoms with Crippen molar-refractivity contribution in [3.05, 3.63) is 96.4 Å². The van der Waals surface area contributed by atoms with Gasteiger partial charge in [0.05, 0.1) is 6.61 Å². The van der Waals surface area contributed by atoms with Crippen LogP contribution >= 0.6 is 0 Å². The molecule has 0 atom stereocenters. The van der Waals surface area contributed by atoms with E-state index in [4.69, 9.17) is 19.4 Å². The number of furan rings is 2. The van der Waals surface area contributed by atoms with Gasteiger partial charge in [0, 0.05) is 10.8 Å². The van der Waals surface area contributed by atoms with Crippen LogP contribution in [0.5, 0.6) is 0 Å². The van der Waals surface area contributed by atoms with Crippen molar-refractivity contribution in [2.24, 2.45) is 5.84 Å². The highest BCUT2D eigenvalue weighted by Crippen LogP contribution is 2.29. The Morgan fingerprint density at radius 3 is 1.80 bits per heavy atom. The Hall–Kier alpha value is -4.62. The Morgan fingerprint density at radius 2 is 1.26 bits per heavy atom. The number of amides is 1. The van der Waals surface area contributed by atoms with Crippen molar-refractivity contribution in [1.82, 2.24) is 5.43 Å². The molecule has 35 heavy (non-hydrogen) atoms. The largest absolute Gasteiger partial charge is 0.460 e. The van der Waals surface area contributed by atoms with Crippen LogP contribution in [0.3, 0.4) is 0 Å². The molecule has 7 heteroatoms. The molecule has 174 valence electrons. The van der Waals surface area contributed by atoms with Gasteiger partial charge in [-0.05, 0) is 52.7 Å². The summed E-state index contributed by atoms with van der Waals surface area (Å²) in [7, 11) is 0. The van der Waals surface area contributed by atoms with Crippen LogP contribution in [-0.4, -0.2) is 18.5 Å². The summed E-state index contributed by atoms with van der Waals surface area (Å²) < 4.78 is 15.9. The maximum absolute atomic E-state index is 11.6. The topological polar surface area (TPSA) is 108 Å². The molecule has 0 aliphatic heterocycles. The first-order valence-electron chi connectivity index (χ1n) is 11.1. The lowest BCUT2D eigenvalue weighted by atomic mass is 10.1. The standard InChI is InChI=1S/C15H12O3.C13H10N2O2/c1-2-17-15(16)14-9-12-11-6-4-3-5-10(11)7-8-13(12)18-14;14-15-13(16)12-7-10-9-4-2-1-3-8(9)5-6-11(10)17-12/h3-9H,2H2,1H3;1-7H,14H2,(H,15,16). The summed E-state index contributed by atoms with van der Waals surface area (Å²) in [6.07, 6.45) is 0. The van der Waals surface area contributed by atoms with Gasteiger partial charge in [0.15, 0.2) is 5.76 Å². The van der Waals surface area contributed by atoms with Gasteiger partial charge in [0.2, 0.25) is 5.76 Å². The smallest absolute Gasteiger partial charge is 0.374 e. The quantitative estimate of drug-likeness (QED) is 0.144.